The van der Waals surface area contributed by atoms with Gasteiger partial charge in [-0.3, -0.25) is 4.90 Å². The van der Waals surface area contributed by atoms with Gasteiger partial charge in [0.2, 0.25) is 0 Å². The second-order valence-electron chi connectivity index (χ2n) is 6.63. The Morgan fingerprint density at radius 1 is 0.931 bits per heavy atom. The maximum atomic E-state index is 12.5. The first-order valence-electron chi connectivity index (χ1n) is 9.17. The van der Waals surface area contributed by atoms with Crippen LogP contribution in [0.4, 0.5) is 4.79 Å². The van der Waals surface area contributed by atoms with Crippen molar-refractivity contribution in [3.05, 3.63) is 90.4 Å². The number of rotatable bonds is 3. The number of aromatic nitrogens is 1. The highest BCUT2D eigenvalue weighted by atomic mass is 16.6. The van der Waals surface area contributed by atoms with E-state index in [0.717, 1.165) is 16.6 Å². The molecule has 1 aliphatic heterocycles. The lowest BCUT2D eigenvalue weighted by Crippen LogP contribution is -2.26. The van der Waals surface area contributed by atoms with Crippen LogP contribution in [-0.4, -0.2) is 28.6 Å². The summed E-state index contributed by atoms with van der Waals surface area (Å²) in [6.07, 6.45) is 6.50. The zero-order valence-electron chi connectivity index (χ0n) is 16.1. The van der Waals surface area contributed by atoms with E-state index in [9.17, 15) is 9.59 Å². The molecule has 1 amide bonds. The van der Waals surface area contributed by atoms with E-state index < -0.39 is 6.09 Å². The summed E-state index contributed by atoms with van der Waals surface area (Å²) in [6.45, 7) is 0. The molecule has 0 saturated heterocycles. The minimum Gasteiger partial charge on any atom is -0.465 e. The number of methoxy groups -OCH3 is 1. The van der Waals surface area contributed by atoms with Crippen molar-refractivity contribution in [2.75, 3.05) is 7.11 Å². The normalized spacial score (nSPS) is 13.7. The zero-order valence-corrected chi connectivity index (χ0v) is 16.1. The van der Waals surface area contributed by atoms with Gasteiger partial charge in [0.25, 0.3) is 0 Å². The van der Waals surface area contributed by atoms with Gasteiger partial charge in [-0.25, -0.2) is 9.59 Å². The molecule has 146 valence electrons. The number of carbonyl (C=O) groups is 2. The van der Waals surface area contributed by atoms with E-state index in [4.69, 9.17) is 9.47 Å². The second kappa shape index (κ2) is 7.67. The van der Waals surface area contributed by atoms with Crippen molar-refractivity contribution >= 4 is 23.0 Å². The van der Waals surface area contributed by atoms with E-state index in [0.29, 0.717) is 11.3 Å². The Morgan fingerprint density at radius 3 is 2.28 bits per heavy atom. The number of para-hydroxylation sites is 2. The molecule has 29 heavy (non-hydrogen) atoms. The van der Waals surface area contributed by atoms with E-state index in [1.165, 1.54) is 12.0 Å². The Labute approximate surface area is 168 Å². The maximum absolute atomic E-state index is 12.5. The highest BCUT2D eigenvalue weighted by Crippen LogP contribution is 2.34. The van der Waals surface area contributed by atoms with Crippen molar-refractivity contribution in [1.29, 1.82) is 0 Å². The van der Waals surface area contributed by atoms with Gasteiger partial charge in [-0.15, -0.1) is 0 Å². The van der Waals surface area contributed by atoms with Crippen molar-refractivity contribution in [3.8, 4) is 5.75 Å². The molecule has 0 unspecified atom stereocenters. The van der Waals surface area contributed by atoms with Crippen LogP contribution in [0.25, 0.3) is 10.9 Å². The van der Waals surface area contributed by atoms with Gasteiger partial charge in [0.1, 0.15) is 5.75 Å². The highest BCUT2D eigenvalue weighted by Gasteiger charge is 2.27. The fourth-order valence-electron chi connectivity index (χ4n) is 3.55. The van der Waals surface area contributed by atoms with Crippen LogP contribution in [0.1, 0.15) is 22.0 Å². The Balaban J connectivity index is 1.63. The maximum Gasteiger partial charge on any atom is 0.423 e. The third-order valence-corrected chi connectivity index (χ3v) is 4.92. The summed E-state index contributed by atoms with van der Waals surface area (Å²) >= 11 is 0. The highest BCUT2D eigenvalue weighted by molar-refractivity contribution is 6.06. The monoisotopic (exact) mass is 388 g/mol. The number of nitrogens with zero attached hydrogens (tertiary/aromatic N) is 2. The predicted molar refractivity (Wildman–Crippen MR) is 110 cm³/mol. The van der Waals surface area contributed by atoms with E-state index in [2.05, 4.69) is 0 Å². The summed E-state index contributed by atoms with van der Waals surface area (Å²) in [7, 11) is 3.30. The molecule has 0 fully saturated rings. The van der Waals surface area contributed by atoms with Gasteiger partial charge < -0.3 is 14.0 Å². The molecule has 2 aromatic carbocycles. The quantitative estimate of drug-likeness (QED) is 0.616. The lowest BCUT2D eigenvalue weighted by atomic mass is 9.98. The molecular formula is C23H20N2O4. The van der Waals surface area contributed by atoms with Crippen LogP contribution in [0.2, 0.25) is 0 Å². The molecule has 0 spiro atoms. The summed E-state index contributed by atoms with van der Waals surface area (Å²) in [5, 5.41) is 0.838. The third kappa shape index (κ3) is 3.40. The van der Waals surface area contributed by atoms with E-state index >= 15 is 0 Å². The topological polar surface area (TPSA) is 60.8 Å². The average Bonchev–Trinajstić information content (AvgIpc) is 3.06. The molecule has 0 saturated carbocycles. The van der Waals surface area contributed by atoms with Crippen molar-refractivity contribution in [3.63, 3.8) is 0 Å². The van der Waals surface area contributed by atoms with Crippen molar-refractivity contribution in [1.82, 2.24) is 9.47 Å². The number of esters is 1. The lowest BCUT2D eigenvalue weighted by molar-refractivity contribution is 0.0601. The molecule has 0 radical (unpaired) electrons. The van der Waals surface area contributed by atoms with Crippen LogP contribution in [0.15, 0.2) is 79.1 Å². The SMILES string of the molecule is COC(=O)c1c(C2C=CN(C(=O)Oc3ccccc3)C=C2)n(C)c2ccccc12. The first kappa shape index (κ1) is 18.6. The number of carbonyl (C=O) groups excluding carboxylic acids is 2. The number of hydrogen-bond donors (Lipinski definition) is 0. The van der Waals surface area contributed by atoms with Crippen LogP contribution in [0.3, 0.4) is 0 Å². The number of aryl methyl sites for hydroxylation is 1. The summed E-state index contributed by atoms with van der Waals surface area (Å²) in [5.74, 6) is -0.102. The van der Waals surface area contributed by atoms with Crippen molar-refractivity contribution < 1.29 is 19.1 Å². The Bertz CT molecular complexity index is 1110. The average molecular weight is 388 g/mol. The number of allylic oxidation sites excluding steroid dienone is 2. The van der Waals surface area contributed by atoms with E-state index in [1.807, 2.05) is 54.1 Å². The van der Waals surface area contributed by atoms with E-state index in [-0.39, 0.29) is 11.9 Å². The Hall–Kier alpha value is -3.80. The van der Waals surface area contributed by atoms with Gasteiger partial charge >= 0.3 is 12.1 Å². The zero-order chi connectivity index (χ0) is 20.4. The lowest BCUT2D eigenvalue weighted by Gasteiger charge is -2.21. The Morgan fingerprint density at radius 2 is 1.59 bits per heavy atom. The Kier molecular flexibility index (Phi) is 4.91. The smallest absolute Gasteiger partial charge is 0.423 e. The number of amides is 1. The van der Waals surface area contributed by atoms with Crippen molar-refractivity contribution in [2.45, 2.75) is 5.92 Å². The molecule has 0 N–H and O–H groups in total. The third-order valence-electron chi connectivity index (χ3n) is 4.92. The van der Waals surface area contributed by atoms with Gasteiger partial charge in [0.05, 0.1) is 12.7 Å². The molecule has 0 atom stereocenters. The summed E-state index contributed by atoms with van der Waals surface area (Å²) in [6, 6.07) is 16.6. The van der Waals surface area contributed by atoms with Gasteiger partial charge in [0, 0.05) is 42.0 Å². The van der Waals surface area contributed by atoms with Crippen LogP contribution >= 0.6 is 0 Å². The molecule has 4 rings (SSSR count). The van der Waals surface area contributed by atoms with Gasteiger partial charge in [-0.05, 0) is 18.2 Å². The molecular weight excluding hydrogens is 368 g/mol. The largest absolute Gasteiger partial charge is 0.465 e. The van der Waals surface area contributed by atoms with Crippen LogP contribution in [0.5, 0.6) is 5.75 Å². The molecule has 3 aromatic rings. The number of hydrogen-bond acceptors (Lipinski definition) is 4. The van der Waals surface area contributed by atoms with Crippen LogP contribution in [-0.2, 0) is 11.8 Å². The minimum atomic E-state index is -0.507. The number of fused-ring (bicyclic) bond motifs is 1. The molecule has 1 aliphatic rings. The number of ether oxygens (including phenoxy) is 2. The molecule has 6 heteroatoms. The fraction of sp³-hybridized carbons (Fsp3) is 0.130. The summed E-state index contributed by atoms with van der Waals surface area (Å²) in [4.78, 5) is 26.2. The van der Waals surface area contributed by atoms with E-state index in [1.54, 1.807) is 36.7 Å². The molecule has 0 aliphatic carbocycles. The van der Waals surface area contributed by atoms with Crippen LogP contribution in [0, 0.1) is 0 Å². The first-order chi connectivity index (χ1) is 14.1. The van der Waals surface area contributed by atoms with Crippen molar-refractivity contribution in [2.24, 2.45) is 7.05 Å². The summed E-state index contributed by atoms with van der Waals surface area (Å²) < 4.78 is 12.4. The molecule has 1 aromatic heterocycles. The predicted octanol–water partition coefficient (Wildman–Crippen LogP) is 4.59. The molecule has 2 heterocycles. The standard InChI is InChI=1S/C23H20N2O4/c1-24-19-11-7-6-10-18(19)20(22(26)28-2)21(24)16-12-14-25(15-13-16)23(27)29-17-8-4-3-5-9-17/h3-16H,1-2H3. The fourth-order valence-corrected chi connectivity index (χ4v) is 3.55. The van der Waals surface area contributed by atoms with Gasteiger partial charge in [0.15, 0.2) is 0 Å². The molecule has 6 nitrogen and oxygen atoms in total. The van der Waals surface area contributed by atoms with Gasteiger partial charge in [-0.2, -0.15) is 0 Å². The summed E-state index contributed by atoms with van der Waals surface area (Å²) in [5.41, 5.74) is 2.28. The number of benzene rings is 2. The molecule has 0 bridgehead atoms. The van der Waals surface area contributed by atoms with Gasteiger partial charge in [-0.1, -0.05) is 48.6 Å². The first-order valence-corrected chi connectivity index (χ1v) is 9.17. The minimum absolute atomic E-state index is 0.192. The van der Waals surface area contributed by atoms with Crippen LogP contribution < -0.4 is 4.74 Å². The second-order valence-corrected chi connectivity index (χ2v) is 6.63.